The van der Waals surface area contributed by atoms with Gasteiger partial charge in [-0.05, 0) is 36.6 Å². The van der Waals surface area contributed by atoms with Crippen LogP contribution >= 0.6 is 0 Å². The molecule has 1 unspecified atom stereocenters. The number of carboxylic acid groups (broad SMARTS) is 1. The van der Waals surface area contributed by atoms with Gasteiger partial charge in [0.1, 0.15) is 0 Å². The lowest BCUT2D eigenvalue weighted by Crippen LogP contribution is -2.29. The van der Waals surface area contributed by atoms with E-state index in [1.54, 1.807) is 13.0 Å². The van der Waals surface area contributed by atoms with Gasteiger partial charge in [0.15, 0.2) is 9.84 Å². The Bertz CT molecular complexity index is 627. The molecule has 1 atom stereocenters. The molecular weight excluding hydrogens is 280 g/mol. The molecule has 0 spiro atoms. The van der Waals surface area contributed by atoms with Crippen molar-refractivity contribution >= 4 is 21.6 Å². The van der Waals surface area contributed by atoms with Crippen LogP contribution in [-0.4, -0.2) is 36.8 Å². The average Bonchev–Trinajstić information content (AvgIpc) is 2.87. The zero-order valence-electron chi connectivity index (χ0n) is 11.2. The van der Waals surface area contributed by atoms with Crippen molar-refractivity contribution < 1.29 is 18.3 Å². The standard InChI is InChI=1S/C13H18N2O4S/c1-2-20(18,19)12-6-5-9(14)8-10(12)11-4-3-7-15(11)13(16)17/h5-6,8,11H,2-4,7,14H2,1H3,(H,16,17). The first kappa shape index (κ1) is 14.6. The van der Waals surface area contributed by atoms with Crippen molar-refractivity contribution in [3.8, 4) is 0 Å². The maximum absolute atomic E-state index is 12.2. The normalized spacial score (nSPS) is 19.2. The van der Waals surface area contributed by atoms with Gasteiger partial charge in [-0.1, -0.05) is 6.92 Å². The summed E-state index contributed by atoms with van der Waals surface area (Å²) in [5.74, 6) is -0.0241. The second-order valence-corrected chi connectivity index (χ2v) is 7.08. The van der Waals surface area contributed by atoms with E-state index >= 15 is 0 Å². The number of benzene rings is 1. The zero-order valence-corrected chi connectivity index (χ0v) is 12.1. The molecule has 20 heavy (non-hydrogen) atoms. The predicted octanol–water partition coefficient (Wildman–Crippen LogP) is 1.88. The van der Waals surface area contributed by atoms with Crippen molar-refractivity contribution in [1.82, 2.24) is 4.90 Å². The minimum atomic E-state index is -3.41. The zero-order chi connectivity index (χ0) is 14.9. The van der Waals surface area contributed by atoms with E-state index in [9.17, 15) is 18.3 Å². The summed E-state index contributed by atoms with van der Waals surface area (Å²) in [6, 6.07) is 4.15. The van der Waals surface area contributed by atoms with Crippen LogP contribution in [0.1, 0.15) is 31.4 Å². The van der Waals surface area contributed by atoms with E-state index in [4.69, 9.17) is 5.73 Å². The molecule has 7 heteroatoms. The van der Waals surface area contributed by atoms with E-state index in [0.717, 1.165) is 6.42 Å². The summed E-state index contributed by atoms with van der Waals surface area (Å²) in [4.78, 5) is 12.7. The topological polar surface area (TPSA) is 101 Å². The van der Waals surface area contributed by atoms with Crippen LogP contribution in [0.4, 0.5) is 10.5 Å². The lowest BCUT2D eigenvalue weighted by atomic mass is 10.0. The molecule has 1 aliphatic heterocycles. The Morgan fingerprint density at radius 1 is 1.50 bits per heavy atom. The lowest BCUT2D eigenvalue weighted by molar-refractivity contribution is 0.140. The fraction of sp³-hybridized carbons (Fsp3) is 0.462. The number of nitrogens with two attached hydrogens (primary N) is 1. The van der Waals surface area contributed by atoms with Crippen molar-refractivity contribution in [2.75, 3.05) is 18.0 Å². The fourth-order valence-corrected chi connectivity index (χ4v) is 3.73. The molecule has 3 N–H and O–H groups in total. The van der Waals surface area contributed by atoms with Gasteiger partial charge in [-0.3, -0.25) is 0 Å². The summed E-state index contributed by atoms with van der Waals surface area (Å²) in [7, 11) is -3.41. The third-order valence-corrected chi connectivity index (χ3v) is 5.41. The van der Waals surface area contributed by atoms with Gasteiger partial charge in [-0.15, -0.1) is 0 Å². The Hall–Kier alpha value is -1.76. The van der Waals surface area contributed by atoms with Crippen LogP contribution in [0.15, 0.2) is 23.1 Å². The summed E-state index contributed by atoms with van der Waals surface area (Å²) in [6.07, 6.45) is 0.300. The molecule has 1 aliphatic rings. The summed E-state index contributed by atoms with van der Waals surface area (Å²) < 4.78 is 24.3. The van der Waals surface area contributed by atoms with E-state index in [2.05, 4.69) is 0 Å². The Kier molecular flexibility index (Phi) is 3.89. The van der Waals surface area contributed by atoms with Gasteiger partial charge >= 0.3 is 6.09 Å². The van der Waals surface area contributed by atoms with Gasteiger partial charge in [0, 0.05) is 12.2 Å². The van der Waals surface area contributed by atoms with Crippen molar-refractivity contribution in [3.63, 3.8) is 0 Å². The van der Waals surface area contributed by atoms with E-state index in [1.165, 1.54) is 17.0 Å². The van der Waals surface area contributed by atoms with Gasteiger partial charge in [0.05, 0.1) is 16.7 Å². The number of sulfone groups is 1. The summed E-state index contributed by atoms with van der Waals surface area (Å²) in [6.45, 7) is 1.99. The highest BCUT2D eigenvalue weighted by Gasteiger charge is 2.33. The van der Waals surface area contributed by atoms with Crippen LogP contribution in [0, 0.1) is 0 Å². The van der Waals surface area contributed by atoms with Crippen LogP contribution in [0.2, 0.25) is 0 Å². The molecule has 1 amide bonds. The predicted molar refractivity (Wildman–Crippen MR) is 75.3 cm³/mol. The van der Waals surface area contributed by atoms with E-state index in [-0.39, 0.29) is 10.6 Å². The van der Waals surface area contributed by atoms with Gasteiger partial charge in [-0.25, -0.2) is 13.2 Å². The van der Waals surface area contributed by atoms with Crippen molar-refractivity contribution in [2.24, 2.45) is 0 Å². The molecule has 1 fully saturated rings. The van der Waals surface area contributed by atoms with Crippen molar-refractivity contribution in [3.05, 3.63) is 23.8 Å². The average molecular weight is 298 g/mol. The largest absolute Gasteiger partial charge is 0.465 e. The first-order chi connectivity index (χ1) is 9.36. The maximum Gasteiger partial charge on any atom is 0.407 e. The molecule has 6 nitrogen and oxygen atoms in total. The van der Waals surface area contributed by atoms with Crippen molar-refractivity contribution in [2.45, 2.75) is 30.7 Å². The number of nitrogen functional groups attached to an aromatic ring is 1. The highest BCUT2D eigenvalue weighted by atomic mass is 32.2. The highest BCUT2D eigenvalue weighted by molar-refractivity contribution is 7.91. The third kappa shape index (κ3) is 2.58. The molecule has 0 bridgehead atoms. The number of hydrogen-bond donors (Lipinski definition) is 2. The fourth-order valence-electron chi connectivity index (χ4n) is 2.59. The third-order valence-electron chi connectivity index (χ3n) is 3.61. The lowest BCUT2D eigenvalue weighted by Gasteiger charge is -2.24. The molecule has 0 aromatic heterocycles. The number of rotatable bonds is 3. The molecule has 1 saturated heterocycles. The van der Waals surface area contributed by atoms with Crippen LogP contribution in [0.25, 0.3) is 0 Å². The Balaban J connectivity index is 2.55. The smallest absolute Gasteiger partial charge is 0.407 e. The second kappa shape index (κ2) is 5.32. The first-order valence-corrected chi connectivity index (χ1v) is 8.13. The Morgan fingerprint density at radius 2 is 2.20 bits per heavy atom. The van der Waals surface area contributed by atoms with Crippen molar-refractivity contribution in [1.29, 1.82) is 0 Å². The number of nitrogens with zero attached hydrogens (tertiary/aromatic N) is 1. The second-order valence-electron chi connectivity index (χ2n) is 4.83. The van der Waals surface area contributed by atoms with Crippen LogP contribution in [0.5, 0.6) is 0 Å². The molecule has 2 rings (SSSR count). The van der Waals surface area contributed by atoms with Crippen LogP contribution < -0.4 is 5.73 Å². The molecule has 110 valence electrons. The Morgan fingerprint density at radius 3 is 2.80 bits per heavy atom. The molecule has 0 saturated carbocycles. The number of amides is 1. The minimum absolute atomic E-state index is 0.0241. The number of hydrogen-bond acceptors (Lipinski definition) is 4. The summed E-state index contributed by atoms with van der Waals surface area (Å²) in [5.41, 5.74) is 6.67. The monoisotopic (exact) mass is 298 g/mol. The first-order valence-electron chi connectivity index (χ1n) is 6.48. The van der Waals surface area contributed by atoms with Crippen LogP contribution in [-0.2, 0) is 9.84 Å². The summed E-state index contributed by atoms with van der Waals surface area (Å²) in [5, 5.41) is 9.21. The molecule has 1 aromatic rings. The molecule has 0 radical (unpaired) electrons. The van der Waals surface area contributed by atoms with E-state index in [0.29, 0.717) is 24.2 Å². The maximum atomic E-state index is 12.2. The number of anilines is 1. The van der Waals surface area contributed by atoms with Gasteiger partial charge in [-0.2, -0.15) is 0 Å². The molecular formula is C13H18N2O4S. The quantitative estimate of drug-likeness (QED) is 0.830. The highest BCUT2D eigenvalue weighted by Crippen LogP contribution is 2.36. The molecule has 1 heterocycles. The van der Waals surface area contributed by atoms with Crippen LogP contribution in [0.3, 0.4) is 0 Å². The van der Waals surface area contributed by atoms with E-state index < -0.39 is 22.0 Å². The molecule has 0 aliphatic carbocycles. The number of likely N-dealkylation sites (tertiary alicyclic amines) is 1. The number of carbonyl (C=O) groups is 1. The molecule has 1 aromatic carbocycles. The minimum Gasteiger partial charge on any atom is -0.465 e. The van der Waals surface area contributed by atoms with Gasteiger partial charge < -0.3 is 15.7 Å². The Labute approximate surface area is 118 Å². The van der Waals surface area contributed by atoms with Gasteiger partial charge in [0.25, 0.3) is 0 Å². The SMILES string of the molecule is CCS(=O)(=O)c1ccc(N)cc1C1CCCN1C(=O)O. The summed E-state index contributed by atoms with van der Waals surface area (Å²) >= 11 is 0. The van der Waals surface area contributed by atoms with Gasteiger partial charge in [0.2, 0.25) is 0 Å². The van der Waals surface area contributed by atoms with E-state index in [1.807, 2.05) is 0 Å².